The Labute approximate surface area is 102 Å². The van der Waals surface area contributed by atoms with Crippen LogP contribution in [0.5, 0.6) is 5.75 Å². The van der Waals surface area contributed by atoms with Crippen molar-refractivity contribution in [2.24, 2.45) is 0 Å². The second-order valence-corrected chi connectivity index (χ2v) is 4.71. The normalized spacial score (nSPS) is 24.9. The fourth-order valence-corrected chi connectivity index (χ4v) is 2.30. The quantitative estimate of drug-likeness (QED) is 0.874. The van der Waals surface area contributed by atoms with Crippen molar-refractivity contribution in [3.63, 3.8) is 0 Å². The van der Waals surface area contributed by atoms with Gasteiger partial charge in [-0.3, -0.25) is 0 Å². The molecule has 4 heteroatoms. The Morgan fingerprint density at radius 3 is 2.82 bits per heavy atom. The molecule has 1 aromatic carbocycles. The van der Waals surface area contributed by atoms with Crippen LogP contribution < -0.4 is 10.1 Å². The zero-order valence-electron chi connectivity index (χ0n) is 10.5. The molecular weight excluding hydrogens is 219 g/mol. The van der Waals surface area contributed by atoms with E-state index in [1.165, 1.54) is 12.1 Å². The lowest BCUT2D eigenvalue weighted by atomic mass is 10.1. The third-order valence-electron chi connectivity index (χ3n) is 3.41. The second-order valence-electron chi connectivity index (χ2n) is 4.71. The molecule has 0 aliphatic carbocycles. The predicted molar refractivity (Wildman–Crippen MR) is 67.1 cm³/mol. The van der Waals surface area contributed by atoms with Gasteiger partial charge in [-0.15, -0.1) is 0 Å². The fraction of sp³-hybridized carbons (Fsp3) is 0.538. The standard InChI is InChI=1S/C13H19FN2O/c1-9-6-11(8-16(9)2)15-12-5-4-10(14)7-13(12)17-3/h4-5,7,9,11,15H,6,8H2,1-3H3. The third-order valence-corrected chi connectivity index (χ3v) is 3.41. The first-order valence-electron chi connectivity index (χ1n) is 5.90. The number of benzene rings is 1. The van der Waals surface area contributed by atoms with Crippen LogP contribution in [0.4, 0.5) is 10.1 Å². The molecule has 0 bridgehead atoms. The molecule has 2 unspecified atom stereocenters. The minimum Gasteiger partial charge on any atom is -0.494 e. The fourth-order valence-electron chi connectivity index (χ4n) is 2.30. The van der Waals surface area contributed by atoms with E-state index in [9.17, 15) is 4.39 Å². The summed E-state index contributed by atoms with van der Waals surface area (Å²) in [6.07, 6.45) is 1.09. The van der Waals surface area contributed by atoms with Crippen molar-refractivity contribution in [1.82, 2.24) is 4.90 Å². The van der Waals surface area contributed by atoms with E-state index < -0.39 is 0 Å². The molecule has 0 amide bonds. The minimum atomic E-state index is -0.274. The summed E-state index contributed by atoms with van der Waals surface area (Å²) >= 11 is 0. The van der Waals surface area contributed by atoms with Crippen molar-refractivity contribution in [3.05, 3.63) is 24.0 Å². The Bertz CT molecular complexity index is 387. The molecule has 1 aliphatic heterocycles. The van der Waals surface area contributed by atoms with E-state index in [1.54, 1.807) is 13.2 Å². The molecule has 1 aromatic rings. The van der Waals surface area contributed by atoms with Crippen LogP contribution in [-0.4, -0.2) is 37.7 Å². The first-order chi connectivity index (χ1) is 8.10. The van der Waals surface area contributed by atoms with Gasteiger partial charge < -0.3 is 15.0 Å². The monoisotopic (exact) mass is 238 g/mol. The molecule has 1 saturated heterocycles. The van der Waals surface area contributed by atoms with E-state index in [4.69, 9.17) is 4.74 Å². The van der Waals surface area contributed by atoms with Crippen LogP contribution in [0.2, 0.25) is 0 Å². The molecule has 1 fully saturated rings. The summed E-state index contributed by atoms with van der Waals surface area (Å²) < 4.78 is 18.2. The summed E-state index contributed by atoms with van der Waals surface area (Å²) in [4.78, 5) is 2.31. The van der Waals surface area contributed by atoms with Gasteiger partial charge in [0, 0.05) is 24.7 Å². The topological polar surface area (TPSA) is 24.5 Å². The lowest BCUT2D eigenvalue weighted by molar-refractivity contribution is 0.330. The number of nitrogens with one attached hydrogen (secondary N) is 1. The first kappa shape index (κ1) is 12.2. The number of ether oxygens (including phenoxy) is 1. The number of likely N-dealkylation sites (N-methyl/N-ethyl adjacent to an activating group) is 1. The number of anilines is 1. The number of halogens is 1. The van der Waals surface area contributed by atoms with Gasteiger partial charge in [-0.05, 0) is 32.5 Å². The highest BCUT2D eigenvalue weighted by molar-refractivity contribution is 5.57. The molecule has 1 heterocycles. The van der Waals surface area contributed by atoms with E-state index in [-0.39, 0.29) is 5.82 Å². The van der Waals surface area contributed by atoms with Crippen molar-refractivity contribution >= 4 is 5.69 Å². The van der Waals surface area contributed by atoms with Gasteiger partial charge in [-0.1, -0.05) is 0 Å². The second kappa shape index (κ2) is 4.92. The molecule has 0 aromatic heterocycles. The minimum absolute atomic E-state index is 0.274. The lowest BCUT2D eigenvalue weighted by Crippen LogP contribution is -2.25. The molecule has 0 spiro atoms. The number of rotatable bonds is 3. The summed E-state index contributed by atoms with van der Waals surface area (Å²) in [6, 6.07) is 5.57. The Morgan fingerprint density at radius 1 is 1.47 bits per heavy atom. The largest absolute Gasteiger partial charge is 0.494 e. The highest BCUT2D eigenvalue weighted by Crippen LogP contribution is 2.28. The molecule has 0 saturated carbocycles. The van der Waals surface area contributed by atoms with E-state index >= 15 is 0 Å². The average molecular weight is 238 g/mol. The first-order valence-corrected chi connectivity index (χ1v) is 5.90. The number of methoxy groups -OCH3 is 1. The van der Waals surface area contributed by atoms with Gasteiger partial charge in [-0.2, -0.15) is 0 Å². The van der Waals surface area contributed by atoms with Crippen molar-refractivity contribution < 1.29 is 9.13 Å². The molecule has 94 valence electrons. The molecule has 0 radical (unpaired) electrons. The zero-order chi connectivity index (χ0) is 12.4. The summed E-state index contributed by atoms with van der Waals surface area (Å²) in [7, 11) is 3.68. The van der Waals surface area contributed by atoms with Gasteiger partial charge in [0.25, 0.3) is 0 Å². The Morgan fingerprint density at radius 2 is 2.24 bits per heavy atom. The van der Waals surface area contributed by atoms with Gasteiger partial charge in [0.15, 0.2) is 0 Å². The van der Waals surface area contributed by atoms with Crippen LogP contribution >= 0.6 is 0 Å². The van der Waals surface area contributed by atoms with E-state index in [0.29, 0.717) is 17.8 Å². The van der Waals surface area contributed by atoms with Gasteiger partial charge in [0.1, 0.15) is 11.6 Å². The predicted octanol–water partition coefficient (Wildman–Crippen LogP) is 2.34. The maximum absolute atomic E-state index is 13.1. The SMILES string of the molecule is COc1cc(F)ccc1NC1CC(C)N(C)C1. The Balaban J connectivity index is 2.09. The Kier molecular flexibility index (Phi) is 3.52. The summed E-state index contributed by atoms with van der Waals surface area (Å²) in [5.41, 5.74) is 0.862. The van der Waals surface area contributed by atoms with Crippen molar-refractivity contribution in [1.29, 1.82) is 0 Å². The van der Waals surface area contributed by atoms with Crippen LogP contribution in [-0.2, 0) is 0 Å². The van der Waals surface area contributed by atoms with Crippen LogP contribution in [0.15, 0.2) is 18.2 Å². The number of hydrogen-bond acceptors (Lipinski definition) is 3. The van der Waals surface area contributed by atoms with E-state index in [1.807, 2.05) is 0 Å². The number of nitrogens with zero attached hydrogens (tertiary/aromatic N) is 1. The van der Waals surface area contributed by atoms with Crippen LogP contribution in [0, 0.1) is 5.82 Å². The number of likely N-dealkylation sites (tertiary alicyclic amines) is 1. The van der Waals surface area contributed by atoms with Crippen LogP contribution in [0.3, 0.4) is 0 Å². The summed E-state index contributed by atoms with van der Waals surface area (Å²) in [5.74, 6) is 0.288. The van der Waals surface area contributed by atoms with Crippen molar-refractivity contribution in [2.45, 2.75) is 25.4 Å². The van der Waals surface area contributed by atoms with E-state index in [2.05, 4.69) is 24.2 Å². The lowest BCUT2D eigenvalue weighted by Gasteiger charge is -2.16. The van der Waals surface area contributed by atoms with Gasteiger partial charge in [0.05, 0.1) is 12.8 Å². The van der Waals surface area contributed by atoms with Gasteiger partial charge in [0.2, 0.25) is 0 Å². The third kappa shape index (κ3) is 2.69. The van der Waals surface area contributed by atoms with Gasteiger partial charge >= 0.3 is 0 Å². The van der Waals surface area contributed by atoms with Crippen molar-refractivity contribution in [2.75, 3.05) is 26.0 Å². The smallest absolute Gasteiger partial charge is 0.144 e. The van der Waals surface area contributed by atoms with Crippen LogP contribution in [0.1, 0.15) is 13.3 Å². The van der Waals surface area contributed by atoms with E-state index in [0.717, 1.165) is 18.7 Å². The summed E-state index contributed by atoms with van der Waals surface area (Å²) in [5, 5.41) is 3.42. The molecule has 1 aliphatic rings. The molecular formula is C13H19FN2O. The maximum atomic E-state index is 13.1. The molecule has 2 rings (SSSR count). The maximum Gasteiger partial charge on any atom is 0.144 e. The average Bonchev–Trinajstić information content (AvgIpc) is 2.60. The van der Waals surface area contributed by atoms with Crippen molar-refractivity contribution in [3.8, 4) is 5.75 Å². The van der Waals surface area contributed by atoms with Crippen LogP contribution in [0.25, 0.3) is 0 Å². The molecule has 3 nitrogen and oxygen atoms in total. The molecule has 2 atom stereocenters. The molecule has 17 heavy (non-hydrogen) atoms. The molecule has 1 N–H and O–H groups in total. The van der Waals surface area contributed by atoms with Gasteiger partial charge in [-0.25, -0.2) is 4.39 Å². The zero-order valence-corrected chi connectivity index (χ0v) is 10.5. The Hall–Kier alpha value is -1.29. The summed E-state index contributed by atoms with van der Waals surface area (Å²) in [6.45, 7) is 3.21. The number of hydrogen-bond donors (Lipinski definition) is 1. The highest BCUT2D eigenvalue weighted by atomic mass is 19.1. The highest BCUT2D eigenvalue weighted by Gasteiger charge is 2.26.